The van der Waals surface area contributed by atoms with Crippen molar-refractivity contribution in [3.8, 4) is 5.75 Å². The normalized spacial score (nSPS) is 11.7. The number of pyridine rings is 1. The fourth-order valence-electron chi connectivity index (χ4n) is 2.91. The van der Waals surface area contributed by atoms with E-state index in [9.17, 15) is 14.0 Å². The third-order valence-electron chi connectivity index (χ3n) is 4.57. The van der Waals surface area contributed by atoms with Gasteiger partial charge in [-0.05, 0) is 42.3 Å². The molecule has 1 N–H and O–H groups in total. The van der Waals surface area contributed by atoms with E-state index in [1.165, 1.54) is 42.1 Å². The summed E-state index contributed by atoms with van der Waals surface area (Å²) in [4.78, 5) is 24.8. The minimum atomic E-state index is -0.501. The van der Waals surface area contributed by atoms with Gasteiger partial charge in [0.15, 0.2) is 11.6 Å². The Labute approximate surface area is 172 Å². The van der Waals surface area contributed by atoms with E-state index in [0.717, 1.165) is 5.56 Å². The molecule has 0 bridgehead atoms. The summed E-state index contributed by atoms with van der Waals surface area (Å²) in [7, 11) is 1.39. The van der Waals surface area contributed by atoms with Gasteiger partial charge in [0.2, 0.25) is 0 Å². The molecule has 0 fully saturated rings. The highest BCUT2D eigenvalue weighted by Gasteiger charge is 2.15. The van der Waals surface area contributed by atoms with Crippen molar-refractivity contribution in [1.82, 2.24) is 9.88 Å². The average molecular weight is 415 g/mol. The van der Waals surface area contributed by atoms with E-state index < -0.39 is 11.9 Å². The molecule has 2 aromatic carbocycles. The fourth-order valence-corrected chi connectivity index (χ4v) is 3.11. The predicted octanol–water partition coefficient (Wildman–Crippen LogP) is 4.19. The number of nitrogens with zero attached hydrogens (tertiary/aromatic N) is 1. The number of benzene rings is 2. The number of amides is 1. The number of carbonyl (C=O) groups is 1. The zero-order valence-electron chi connectivity index (χ0n) is 16.0. The second kappa shape index (κ2) is 8.92. The number of carbonyl (C=O) groups excluding carboxylic acids is 1. The van der Waals surface area contributed by atoms with Crippen molar-refractivity contribution < 1.29 is 13.9 Å². The Morgan fingerprint density at radius 3 is 2.66 bits per heavy atom. The zero-order chi connectivity index (χ0) is 21.0. The highest BCUT2D eigenvalue weighted by molar-refractivity contribution is 6.31. The van der Waals surface area contributed by atoms with Gasteiger partial charge in [-0.2, -0.15) is 0 Å². The molecule has 0 radical (unpaired) electrons. The van der Waals surface area contributed by atoms with Crippen LogP contribution >= 0.6 is 11.6 Å². The molecule has 1 unspecified atom stereocenters. The Morgan fingerprint density at radius 1 is 1.21 bits per heavy atom. The molecule has 29 heavy (non-hydrogen) atoms. The number of methoxy groups -OCH3 is 1. The maximum Gasteiger partial charge on any atom is 0.253 e. The van der Waals surface area contributed by atoms with E-state index in [-0.39, 0.29) is 23.8 Å². The average Bonchev–Trinajstić information content (AvgIpc) is 2.71. The number of hydrogen-bond donors (Lipinski definition) is 1. The molecule has 0 aliphatic heterocycles. The van der Waals surface area contributed by atoms with Crippen LogP contribution in [-0.2, 0) is 6.54 Å². The Morgan fingerprint density at radius 2 is 1.97 bits per heavy atom. The first kappa shape index (κ1) is 20.6. The van der Waals surface area contributed by atoms with Crippen LogP contribution in [-0.4, -0.2) is 17.6 Å². The molecule has 7 heteroatoms. The van der Waals surface area contributed by atoms with Crippen LogP contribution in [0.25, 0.3) is 0 Å². The lowest BCUT2D eigenvalue weighted by Gasteiger charge is -2.16. The molecular weight excluding hydrogens is 395 g/mol. The maximum atomic E-state index is 13.9. The molecule has 150 valence electrons. The number of nitrogens with one attached hydrogen (secondary N) is 1. The summed E-state index contributed by atoms with van der Waals surface area (Å²) in [5.74, 6) is -0.736. The highest BCUT2D eigenvalue weighted by atomic mass is 35.5. The summed E-state index contributed by atoms with van der Waals surface area (Å²) in [6.45, 7) is 2.00. The Kier molecular flexibility index (Phi) is 6.34. The minimum Gasteiger partial charge on any atom is -0.494 e. The minimum absolute atomic E-state index is 0.138. The van der Waals surface area contributed by atoms with Gasteiger partial charge >= 0.3 is 0 Å². The summed E-state index contributed by atoms with van der Waals surface area (Å²) in [5, 5.41) is 3.36. The van der Waals surface area contributed by atoms with E-state index in [4.69, 9.17) is 16.3 Å². The molecule has 1 heterocycles. The van der Waals surface area contributed by atoms with Crippen molar-refractivity contribution >= 4 is 17.5 Å². The summed E-state index contributed by atoms with van der Waals surface area (Å²) in [6, 6.07) is 14.1. The number of halogens is 2. The molecule has 0 saturated carbocycles. The third kappa shape index (κ3) is 4.84. The molecule has 0 spiro atoms. The van der Waals surface area contributed by atoms with Crippen molar-refractivity contribution in [2.75, 3.05) is 7.11 Å². The van der Waals surface area contributed by atoms with E-state index in [0.29, 0.717) is 16.1 Å². The van der Waals surface area contributed by atoms with E-state index in [1.54, 1.807) is 19.1 Å². The molecule has 1 amide bonds. The van der Waals surface area contributed by atoms with Crippen LogP contribution in [0.4, 0.5) is 4.39 Å². The fraction of sp³-hybridized carbons (Fsp3) is 0.182. The molecule has 3 aromatic rings. The Bertz CT molecular complexity index is 1100. The monoisotopic (exact) mass is 414 g/mol. The first-order chi connectivity index (χ1) is 13.9. The van der Waals surface area contributed by atoms with Gasteiger partial charge in [0, 0.05) is 17.3 Å². The summed E-state index contributed by atoms with van der Waals surface area (Å²) >= 11 is 6.17. The number of rotatable bonds is 6. The molecule has 0 aliphatic rings. The van der Waals surface area contributed by atoms with Gasteiger partial charge in [0.25, 0.3) is 11.5 Å². The molecule has 0 saturated heterocycles. The van der Waals surface area contributed by atoms with Gasteiger partial charge in [-0.25, -0.2) is 4.39 Å². The van der Waals surface area contributed by atoms with Gasteiger partial charge in [0.05, 0.1) is 25.3 Å². The zero-order valence-corrected chi connectivity index (χ0v) is 16.7. The second-order valence-electron chi connectivity index (χ2n) is 6.56. The quantitative estimate of drug-likeness (QED) is 0.658. The number of aromatic nitrogens is 1. The van der Waals surface area contributed by atoms with Crippen LogP contribution in [0.3, 0.4) is 0 Å². The van der Waals surface area contributed by atoms with Crippen molar-refractivity contribution in [3.05, 3.63) is 98.7 Å². The van der Waals surface area contributed by atoms with Crippen molar-refractivity contribution in [3.63, 3.8) is 0 Å². The molecular formula is C22H20ClFN2O3. The summed E-state index contributed by atoms with van der Waals surface area (Å²) in [5.41, 5.74) is 1.45. The lowest BCUT2D eigenvalue weighted by Crippen LogP contribution is -2.29. The van der Waals surface area contributed by atoms with Crippen molar-refractivity contribution in [2.24, 2.45) is 0 Å². The van der Waals surface area contributed by atoms with Gasteiger partial charge in [-0.1, -0.05) is 35.9 Å². The third-order valence-corrected chi connectivity index (χ3v) is 4.94. The van der Waals surface area contributed by atoms with Crippen molar-refractivity contribution in [1.29, 1.82) is 0 Å². The van der Waals surface area contributed by atoms with Crippen LogP contribution in [0.2, 0.25) is 5.02 Å². The van der Waals surface area contributed by atoms with Crippen LogP contribution in [0.5, 0.6) is 5.75 Å². The van der Waals surface area contributed by atoms with E-state index in [1.807, 2.05) is 18.2 Å². The molecule has 3 rings (SSSR count). The Balaban J connectivity index is 1.78. The van der Waals surface area contributed by atoms with Gasteiger partial charge in [-0.15, -0.1) is 0 Å². The molecule has 1 aromatic heterocycles. The predicted molar refractivity (Wildman–Crippen MR) is 110 cm³/mol. The van der Waals surface area contributed by atoms with Crippen LogP contribution in [0.1, 0.15) is 34.5 Å². The number of ether oxygens (including phenoxy) is 1. The first-order valence-electron chi connectivity index (χ1n) is 8.97. The molecule has 5 nitrogen and oxygen atoms in total. The first-order valence-corrected chi connectivity index (χ1v) is 9.35. The standard InChI is InChI=1S/C22H20ClFN2O3/c1-14(15-7-9-20(29-2)19(24)11-15)25-22(28)17-8-10-21(27)26(13-17)12-16-5-3-4-6-18(16)23/h3-11,13-14H,12H2,1-2H3,(H,25,28). The van der Waals surface area contributed by atoms with E-state index in [2.05, 4.69) is 5.32 Å². The summed E-state index contributed by atoms with van der Waals surface area (Å²) in [6.07, 6.45) is 1.49. The molecule has 0 aliphatic carbocycles. The second-order valence-corrected chi connectivity index (χ2v) is 6.97. The lowest BCUT2D eigenvalue weighted by atomic mass is 10.1. The Hall–Kier alpha value is -3.12. The SMILES string of the molecule is COc1ccc(C(C)NC(=O)c2ccc(=O)n(Cc3ccccc3Cl)c2)cc1F. The van der Waals surface area contributed by atoms with E-state index >= 15 is 0 Å². The van der Waals surface area contributed by atoms with Gasteiger partial charge in [0.1, 0.15) is 0 Å². The highest BCUT2D eigenvalue weighted by Crippen LogP contribution is 2.22. The number of hydrogen-bond acceptors (Lipinski definition) is 3. The summed E-state index contributed by atoms with van der Waals surface area (Å²) < 4.78 is 20.3. The van der Waals surface area contributed by atoms with Crippen molar-refractivity contribution in [2.45, 2.75) is 19.5 Å². The van der Waals surface area contributed by atoms with Crippen LogP contribution < -0.4 is 15.6 Å². The topological polar surface area (TPSA) is 60.3 Å². The van der Waals surface area contributed by atoms with Crippen LogP contribution in [0.15, 0.2) is 65.6 Å². The van der Waals surface area contributed by atoms with Crippen LogP contribution in [0, 0.1) is 5.82 Å². The smallest absolute Gasteiger partial charge is 0.253 e. The molecule has 1 atom stereocenters. The van der Waals surface area contributed by atoms with Gasteiger partial charge in [-0.3, -0.25) is 9.59 Å². The maximum absolute atomic E-state index is 13.9. The lowest BCUT2D eigenvalue weighted by molar-refractivity contribution is 0.0939. The largest absolute Gasteiger partial charge is 0.494 e. The van der Waals surface area contributed by atoms with Gasteiger partial charge < -0.3 is 14.6 Å².